The number of benzene rings is 2. The Labute approximate surface area is 196 Å². The third-order valence-corrected chi connectivity index (χ3v) is 6.78. The van der Waals surface area contributed by atoms with Gasteiger partial charge in [0.25, 0.3) is 5.56 Å². The molecule has 2 aliphatic heterocycles. The van der Waals surface area contributed by atoms with Crippen LogP contribution in [0.15, 0.2) is 53.3 Å². The Morgan fingerprint density at radius 2 is 1.76 bits per heavy atom. The van der Waals surface area contributed by atoms with Crippen LogP contribution in [0.25, 0.3) is 10.9 Å². The second-order valence-electron chi connectivity index (χ2n) is 9.11. The Morgan fingerprint density at radius 1 is 0.970 bits per heavy atom. The van der Waals surface area contributed by atoms with Crippen LogP contribution < -0.4 is 15.0 Å². The van der Waals surface area contributed by atoms with Gasteiger partial charge in [-0.2, -0.15) is 0 Å². The third-order valence-electron chi connectivity index (χ3n) is 6.78. The SMILES string of the molecule is [B]N(Cc1ccc2c(c1)OCCO2)C1CCN(CCn2c(=O)ccc3cc(C)ccc32)CC1. The van der Waals surface area contributed by atoms with Gasteiger partial charge < -0.3 is 23.8 Å². The Balaban J connectivity index is 1.15. The van der Waals surface area contributed by atoms with Crippen LogP contribution in [-0.2, 0) is 13.1 Å². The molecule has 0 aliphatic carbocycles. The topological polar surface area (TPSA) is 46.9 Å². The van der Waals surface area contributed by atoms with Crippen LogP contribution in [0, 0.1) is 6.92 Å². The van der Waals surface area contributed by atoms with E-state index in [0.717, 1.165) is 60.4 Å². The second-order valence-corrected chi connectivity index (χ2v) is 9.11. The summed E-state index contributed by atoms with van der Waals surface area (Å²) in [7, 11) is 6.46. The summed E-state index contributed by atoms with van der Waals surface area (Å²) < 4.78 is 13.2. The quantitative estimate of drug-likeness (QED) is 0.548. The van der Waals surface area contributed by atoms with Gasteiger partial charge in [0.1, 0.15) is 13.2 Å². The molecule has 5 rings (SSSR count). The molecular weight excluding hydrogens is 413 g/mol. The van der Waals surface area contributed by atoms with Gasteiger partial charge in [-0.25, -0.2) is 0 Å². The second kappa shape index (κ2) is 9.61. The maximum atomic E-state index is 12.5. The van der Waals surface area contributed by atoms with Gasteiger partial charge in [0.05, 0.1) is 5.52 Å². The molecule has 2 aliphatic rings. The predicted molar refractivity (Wildman–Crippen MR) is 131 cm³/mol. The Kier molecular flexibility index (Phi) is 6.42. The van der Waals surface area contributed by atoms with Gasteiger partial charge in [-0.3, -0.25) is 4.79 Å². The van der Waals surface area contributed by atoms with Gasteiger partial charge in [0.2, 0.25) is 0 Å². The van der Waals surface area contributed by atoms with Crippen molar-refractivity contribution in [2.24, 2.45) is 0 Å². The number of aryl methyl sites for hydroxylation is 1. The Bertz CT molecular complexity index is 1190. The van der Waals surface area contributed by atoms with E-state index in [4.69, 9.17) is 17.5 Å². The summed E-state index contributed by atoms with van der Waals surface area (Å²) in [6.45, 7) is 7.49. The lowest BCUT2D eigenvalue weighted by Crippen LogP contribution is -2.44. The predicted octanol–water partition coefficient (Wildman–Crippen LogP) is 3.13. The molecule has 1 fully saturated rings. The highest BCUT2D eigenvalue weighted by Crippen LogP contribution is 2.31. The highest BCUT2D eigenvalue weighted by Gasteiger charge is 2.23. The number of fused-ring (bicyclic) bond motifs is 2. The third kappa shape index (κ3) is 4.94. The molecule has 33 heavy (non-hydrogen) atoms. The minimum atomic E-state index is 0.0637. The molecule has 0 saturated carbocycles. The van der Waals surface area contributed by atoms with Crippen LogP contribution in [0.4, 0.5) is 0 Å². The molecule has 0 N–H and O–H groups in total. The zero-order valence-electron chi connectivity index (χ0n) is 19.2. The number of ether oxygens (including phenoxy) is 2. The van der Waals surface area contributed by atoms with Crippen molar-refractivity contribution in [1.82, 2.24) is 14.3 Å². The van der Waals surface area contributed by atoms with Crippen molar-refractivity contribution in [3.63, 3.8) is 0 Å². The van der Waals surface area contributed by atoms with Crippen LogP contribution in [0.1, 0.15) is 24.0 Å². The summed E-state index contributed by atoms with van der Waals surface area (Å²) in [5, 5.41) is 1.12. The van der Waals surface area contributed by atoms with Crippen molar-refractivity contribution in [2.75, 3.05) is 32.8 Å². The van der Waals surface area contributed by atoms with Gasteiger partial charge in [-0.15, -0.1) is 0 Å². The highest BCUT2D eigenvalue weighted by atomic mass is 16.6. The lowest BCUT2D eigenvalue weighted by Gasteiger charge is -2.37. The van der Waals surface area contributed by atoms with E-state index in [1.54, 1.807) is 6.07 Å². The molecule has 0 unspecified atom stereocenters. The number of piperidine rings is 1. The molecule has 3 aromatic rings. The lowest BCUT2D eigenvalue weighted by molar-refractivity contribution is 0.153. The summed E-state index contributed by atoms with van der Waals surface area (Å²) in [4.78, 5) is 16.9. The molecule has 0 bridgehead atoms. The van der Waals surface area contributed by atoms with Crippen molar-refractivity contribution in [1.29, 1.82) is 0 Å². The van der Waals surface area contributed by atoms with Crippen molar-refractivity contribution in [2.45, 2.75) is 38.9 Å². The summed E-state index contributed by atoms with van der Waals surface area (Å²) in [5.41, 5.74) is 3.41. The molecule has 6 nitrogen and oxygen atoms in total. The maximum Gasteiger partial charge on any atom is 0.251 e. The zero-order chi connectivity index (χ0) is 22.8. The number of hydrogen-bond acceptors (Lipinski definition) is 5. The summed E-state index contributed by atoms with van der Waals surface area (Å²) in [6, 6.07) is 16.3. The molecule has 2 aromatic carbocycles. The van der Waals surface area contributed by atoms with Crippen molar-refractivity contribution < 1.29 is 9.47 Å². The van der Waals surface area contributed by atoms with E-state index in [2.05, 4.69) is 36.1 Å². The molecule has 0 amide bonds. The lowest BCUT2D eigenvalue weighted by atomic mass is 9.99. The molecule has 0 spiro atoms. The van der Waals surface area contributed by atoms with Crippen LogP contribution in [-0.4, -0.2) is 61.1 Å². The van der Waals surface area contributed by atoms with Gasteiger partial charge >= 0.3 is 0 Å². The number of hydrogen-bond donors (Lipinski definition) is 0. The van der Waals surface area contributed by atoms with E-state index in [1.807, 2.05) is 27.6 Å². The zero-order valence-corrected chi connectivity index (χ0v) is 19.2. The molecule has 7 heteroatoms. The number of pyridine rings is 1. The van der Waals surface area contributed by atoms with Gasteiger partial charge in [-0.05, 0) is 74.1 Å². The maximum absolute atomic E-state index is 12.5. The van der Waals surface area contributed by atoms with Crippen LogP contribution in [0.3, 0.4) is 0 Å². The first-order chi connectivity index (χ1) is 16.1. The summed E-state index contributed by atoms with van der Waals surface area (Å²) in [6.07, 6.45) is 2.04. The molecule has 170 valence electrons. The smallest absolute Gasteiger partial charge is 0.251 e. The monoisotopic (exact) mass is 443 g/mol. The van der Waals surface area contributed by atoms with E-state index in [0.29, 0.717) is 32.3 Å². The highest BCUT2D eigenvalue weighted by molar-refractivity contribution is 6.04. The average molecular weight is 443 g/mol. The number of rotatable bonds is 6. The van der Waals surface area contributed by atoms with Crippen LogP contribution in [0.5, 0.6) is 11.5 Å². The average Bonchev–Trinajstić information content (AvgIpc) is 2.83. The number of likely N-dealkylation sites (tertiary alicyclic amines) is 1. The first-order valence-electron chi connectivity index (χ1n) is 11.8. The first-order valence-corrected chi connectivity index (χ1v) is 11.8. The Morgan fingerprint density at radius 3 is 2.58 bits per heavy atom. The van der Waals surface area contributed by atoms with E-state index in [-0.39, 0.29) is 5.56 Å². The van der Waals surface area contributed by atoms with Crippen molar-refractivity contribution in [3.05, 3.63) is 70.0 Å². The Hall–Kier alpha value is -2.77. The van der Waals surface area contributed by atoms with Crippen LogP contribution in [0.2, 0.25) is 0 Å². The molecular formula is C26H30BN3O3. The van der Waals surface area contributed by atoms with E-state index in [9.17, 15) is 4.79 Å². The number of aromatic nitrogens is 1. The molecule has 3 heterocycles. The van der Waals surface area contributed by atoms with Gasteiger partial charge in [0, 0.05) is 31.7 Å². The van der Waals surface area contributed by atoms with Crippen LogP contribution >= 0.6 is 0 Å². The number of nitrogens with zero attached hydrogens (tertiary/aromatic N) is 3. The van der Waals surface area contributed by atoms with Gasteiger partial charge in [-0.1, -0.05) is 17.7 Å². The fraction of sp³-hybridized carbons (Fsp3) is 0.423. The van der Waals surface area contributed by atoms with Crippen molar-refractivity contribution in [3.8, 4) is 11.5 Å². The standard InChI is InChI=1S/C26H30BN3O3/c1-19-2-5-23-21(16-19)4-7-26(31)29(23)13-12-28-10-8-22(9-11-28)30(27)18-20-3-6-24-25(17-20)33-15-14-32-24/h2-7,16-17,22H,8-15,18H2,1H3. The van der Waals surface area contributed by atoms with Crippen molar-refractivity contribution >= 4 is 18.9 Å². The van der Waals surface area contributed by atoms with Gasteiger partial charge in [0.15, 0.2) is 19.5 Å². The molecule has 1 saturated heterocycles. The fourth-order valence-corrected chi connectivity index (χ4v) is 4.90. The minimum absolute atomic E-state index is 0.0637. The van der Waals surface area contributed by atoms with E-state index >= 15 is 0 Å². The summed E-state index contributed by atoms with van der Waals surface area (Å²) >= 11 is 0. The largest absolute Gasteiger partial charge is 0.486 e. The fourth-order valence-electron chi connectivity index (χ4n) is 4.90. The first kappa shape index (κ1) is 22.0. The summed E-state index contributed by atoms with van der Waals surface area (Å²) in [5.74, 6) is 1.61. The van der Waals surface area contributed by atoms with E-state index in [1.165, 1.54) is 5.56 Å². The van der Waals surface area contributed by atoms with E-state index < -0.39 is 0 Å². The normalized spacial score (nSPS) is 17.0. The molecule has 2 radical (unpaired) electrons. The minimum Gasteiger partial charge on any atom is -0.486 e. The molecule has 0 atom stereocenters. The molecule has 1 aromatic heterocycles.